The van der Waals surface area contributed by atoms with E-state index in [9.17, 15) is 4.79 Å². The van der Waals surface area contributed by atoms with Gasteiger partial charge in [0.2, 0.25) is 0 Å². The van der Waals surface area contributed by atoms with Crippen molar-refractivity contribution >= 4 is 29.3 Å². The normalized spacial score (nSPS) is 15.0. The van der Waals surface area contributed by atoms with Crippen LogP contribution in [0.25, 0.3) is 23.0 Å². The van der Waals surface area contributed by atoms with E-state index in [2.05, 4.69) is 54.8 Å². The molecule has 0 unspecified atom stereocenters. The van der Waals surface area contributed by atoms with Crippen LogP contribution in [0.5, 0.6) is 0 Å². The van der Waals surface area contributed by atoms with Gasteiger partial charge in [-0.05, 0) is 48.8 Å². The number of carbonyl (C=O) groups is 1. The third kappa shape index (κ3) is 3.46. The Labute approximate surface area is 169 Å². The monoisotopic (exact) mass is 388 g/mol. The Bertz CT molecular complexity index is 1100. The first kappa shape index (κ1) is 18.1. The Hall–Kier alpha value is -3.25. The number of aryl methyl sites for hydroxylation is 2. The van der Waals surface area contributed by atoms with Gasteiger partial charge in [0.25, 0.3) is 5.91 Å². The minimum absolute atomic E-state index is 0.235. The van der Waals surface area contributed by atoms with Gasteiger partial charge in [0, 0.05) is 17.3 Å². The summed E-state index contributed by atoms with van der Waals surface area (Å²) in [7, 11) is 0. The Morgan fingerprint density at radius 3 is 2.50 bits per heavy atom. The maximum atomic E-state index is 12.1. The summed E-state index contributed by atoms with van der Waals surface area (Å²) in [5.41, 5.74) is 6.45. The summed E-state index contributed by atoms with van der Waals surface area (Å²) in [6.07, 6.45) is 4.71. The smallest absolute Gasteiger partial charge is 0.273 e. The van der Waals surface area contributed by atoms with Crippen LogP contribution >= 0.6 is 12.2 Å². The summed E-state index contributed by atoms with van der Waals surface area (Å²) in [5, 5.41) is 10.6. The van der Waals surface area contributed by atoms with Crippen molar-refractivity contribution in [3.63, 3.8) is 0 Å². The highest BCUT2D eigenvalue weighted by molar-refractivity contribution is 7.80. The number of nitrogens with zero attached hydrogens (tertiary/aromatic N) is 2. The van der Waals surface area contributed by atoms with Gasteiger partial charge in [-0.3, -0.25) is 10.1 Å². The third-order valence-corrected chi connectivity index (χ3v) is 4.96. The molecule has 2 heterocycles. The van der Waals surface area contributed by atoms with Gasteiger partial charge >= 0.3 is 0 Å². The number of rotatable bonds is 4. The number of carbonyl (C=O) groups excluding carboxylic acids is 1. The quantitative estimate of drug-likeness (QED) is 0.528. The molecule has 1 saturated heterocycles. The van der Waals surface area contributed by atoms with Crippen molar-refractivity contribution in [1.82, 2.24) is 20.4 Å². The van der Waals surface area contributed by atoms with Gasteiger partial charge < -0.3 is 5.32 Å². The van der Waals surface area contributed by atoms with E-state index in [0.717, 1.165) is 34.5 Å². The highest BCUT2D eigenvalue weighted by atomic mass is 32.1. The van der Waals surface area contributed by atoms with E-state index in [1.165, 1.54) is 5.56 Å². The zero-order chi connectivity index (χ0) is 19.7. The lowest BCUT2D eigenvalue weighted by Crippen LogP contribution is -2.21. The highest BCUT2D eigenvalue weighted by Gasteiger charge is 2.22. The molecule has 1 aliphatic rings. The largest absolute Gasteiger partial charge is 0.328 e. The Morgan fingerprint density at radius 1 is 1.11 bits per heavy atom. The number of hydrogen-bond acceptors (Lipinski definition) is 3. The molecule has 6 heteroatoms. The van der Waals surface area contributed by atoms with Crippen molar-refractivity contribution in [2.45, 2.75) is 20.3 Å². The summed E-state index contributed by atoms with van der Waals surface area (Å²) in [6, 6.07) is 16.4. The van der Waals surface area contributed by atoms with Gasteiger partial charge in [-0.1, -0.05) is 49.4 Å². The van der Waals surface area contributed by atoms with E-state index in [0.29, 0.717) is 10.8 Å². The van der Waals surface area contributed by atoms with Crippen LogP contribution in [0.3, 0.4) is 0 Å². The van der Waals surface area contributed by atoms with Gasteiger partial charge in [0.1, 0.15) is 11.4 Å². The predicted molar refractivity (Wildman–Crippen MR) is 115 cm³/mol. The summed E-state index contributed by atoms with van der Waals surface area (Å²) >= 11 is 5.04. The van der Waals surface area contributed by atoms with Gasteiger partial charge in [0.15, 0.2) is 5.11 Å². The first-order valence-electron chi connectivity index (χ1n) is 9.14. The second kappa shape index (κ2) is 7.40. The Balaban J connectivity index is 1.85. The summed E-state index contributed by atoms with van der Waals surface area (Å²) < 4.78 is 1.86. The molecular formula is C22H20N4OS. The number of hydrogen-bond donors (Lipinski definition) is 2. The van der Waals surface area contributed by atoms with E-state index >= 15 is 0 Å². The van der Waals surface area contributed by atoms with E-state index in [1.54, 1.807) is 6.08 Å². The maximum absolute atomic E-state index is 12.1. The van der Waals surface area contributed by atoms with Crippen LogP contribution in [0.1, 0.15) is 23.6 Å². The summed E-state index contributed by atoms with van der Waals surface area (Å²) in [5.74, 6) is -0.235. The second-order valence-corrected chi connectivity index (χ2v) is 7.09. The molecule has 1 aromatic heterocycles. The third-order valence-electron chi connectivity index (χ3n) is 4.76. The standard InChI is InChI=1S/C22H20N4OS/c1-3-15-8-10-16(11-9-15)20-17(12-18-21(27)24-22(28)23-18)13-26(25-20)19-7-5-4-6-14(19)2/h4-13H,3H2,1-2H3,(H2,23,24,27,28)/b18-12-. The molecule has 0 bridgehead atoms. The van der Waals surface area contributed by atoms with Crippen LogP contribution in [0.2, 0.25) is 0 Å². The molecular weight excluding hydrogens is 368 g/mol. The zero-order valence-electron chi connectivity index (χ0n) is 15.7. The topological polar surface area (TPSA) is 59.0 Å². The highest BCUT2D eigenvalue weighted by Crippen LogP contribution is 2.27. The average Bonchev–Trinajstić information content (AvgIpc) is 3.25. The van der Waals surface area contributed by atoms with E-state index in [1.807, 2.05) is 29.1 Å². The minimum Gasteiger partial charge on any atom is -0.328 e. The molecule has 0 spiro atoms. The van der Waals surface area contributed by atoms with Crippen LogP contribution in [0.4, 0.5) is 0 Å². The lowest BCUT2D eigenvalue weighted by molar-refractivity contribution is -0.115. The van der Waals surface area contributed by atoms with Gasteiger partial charge in [-0.25, -0.2) is 4.68 Å². The number of para-hydroxylation sites is 1. The fourth-order valence-corrected chi connectivity index (χ4v) is 3.40. The van der Waals surface area contributed by atoms with Crippen molar-refractivity contribution in [1.29, 1.82) is 0 Å². The van der Waals surface area contributed by atoms with Crippen molar-refractivity contribution in [3.05, 3.63) is 77.1 Å². The minimum atomic E-state index is -0.235. The fraction of sp³-hybridized carbons (Fsp3) is 0.136. The Kier molecular flexibility index (Phi) is 4.79. The van der Waals surface area contributed by atoms with Crippen LogP contribution in [-0.4, -0.2) is 20.8 Å². The first-order chi connectivity index (χ1) is 13.5. The van der Waals surface area contributed by atoms with Crippen LogP contribution in [-0.2, 0) is 11.2 Å². The molecule has 0 saturated carbocycles. The first-order valence-corrected chi connectivity index (χ1v) is 9.55. The van der Waals surface area contributed by atoms with E-state index < -0.39 is 0 Å². The molecule has 140 valence electrons. The van der Waals surface area contributed by atoms with Crippen molar-refractivity contribution in [2.24, 2.45) is 0 Å². The lowest BCUT2D eigenvalue weighted by Gasteiger charge is -2.05. The molecule has 3 aromatic rings. The molecule has 1 fully saturated rings. The number of nitrogens with one attached hydrogen (secondary N) is 2. The van der Waals surface area contributed by atoms with Gasteiger partial charge in [-0.2, -0.15) is 5.10 Å². The molecule has 28 heavy (non-hydrogen) atoms. The maximum Gasteiger partial charge on any atom is 0.273 e. The summed E-state index contributed by atoms with van der Waals surface area (Å²) in [6.45, 7) is 4.18. The molecule has 4 rings (SSSR count). The Morgan fingerprint density at radius 2 is 1.86 bits per heavy atom. The molecule has 1 aliphatic heterocycles. The van der Waals surface area contributed by atoms with Gasteiger partial charge in [0.05, 0.1) is 5.69 Å². The number of amides is 1. The molecule has 0 atom stereocenters. The SMILES string of the molecule is CCc1ccc(-c2nn(-c3ccccc3C)cc2/C=C2\NC(=S)NC2=O)cc1. The number of thiocarbonyl (C=S) groups is 1. The van der Waals surface area contributed by atoms with E-state index in [4.69, 9.17) is 17.3 Å². The molecule has 2 N–H and O–H groups in total. The molecule has 5 nitrogen and oxygen atoms in total. The van der Waals surface area contributed by atoms with E-state index in [-0.39, 0.29) is 5.91 Å². The number of aromatic nitrogens is 2. The second-order valence-electron chi connectivity index (χ2n) is 6.68. The lowest BCUT2D eigenvalue weighted by atomic mass is 10.0. The van der Waals surface area contributed by atoms with Crippen molar-refractivity contribution in [2.75, 3.05) is 0 Å². The van der Waals surface area contributed by atoms with Crippen molar-refractivity contribution in [3.8, 4) is 16.9 Å². The predicted octanol–water partition coefficient (Wildman–Crippen LogP) is 3.76. The molecule has 0 aliphatic carbocycles. The molecule has 2 aromatic carbocycles. The zero-order valence-corrected chi connectivity index (χ0v) is 16.5. The fourth-order valence-electron chi connectivity index (χ4n) is 3.20. The van der Waals surface area contributed by atoms with Crippen LogP contribution in [0.15, 0.2) is 60.4 Å². The molecule has 1 amide bonds. The van der Waals surface area contributed by atoms with Crippen LogP contribution in [0, 0.1) is 6.92 Å². The average molecular weight is 388 g/mol. The number of benzene rings is 2. The summed E-state index contributed by atoms with van der Waals surface area (Å²) in [4.78, 5) is 12.1. The van der Waals surface area contributed by atoms with Crippen LogP contribution < -0.4 is 10.6 Å². The van der Waals surface area contributed by atoms with Crippen molar-refractivity contribution < 1.29 is 4.79 Å². The molecule has 0 radical (unpaired) electrons. The van der Waals surface area contributed by atoms with Gasteiger partial charge in [-0.15, -0.1) is 0 Å².